The van der Waals surface area contributed by atoms with Gasteiger partial charge in [-0.2, -0.15) is 0 Å². The average molecular weight is 478 g/mol. The minimum atomic E-state index is -4.15. The van der Waals surface area contributed by atoms with E-state index in [4.69, 9.17) is 0 Å². The molecule has 12 heteroatoms. The zero-order valence-corrected chi connectivity index (χ0v) is 17.5. The number of sulfonamides is 1. The standard InChI is InChI=1S/C20H19F5N2O4S/c1-2-32(30,31)26-18-16(27(19(28)29)10-20(18,24)25)8-11-4-3-5-15(17(11)23)12-6-13(21)9-14(22)7-12/h3-7,9,16,18,26H,2,8,10H2,1H3,(H,28,29)/t16-,18+/m0/s1. The van der Waals surface area contributed by atoms with Gasteiger partial charge in [0.2, 0.25) is 10.0 Å². The summed E-state index contributed by atoms with van der Waals surface area (Å²) in [7, 11) is -4.15. The second kappa shape index (κ2) is 8.66. The molecule has 1 saturated heterocycles. The Hall–Kier alpha value is -2.73. The highest BCUT2D eigenvalue weighted by Gasteiger charge is 2.57. The molecule has 2 aromatic rings. The van der Waals surface area contributed by atoms with Gasteiger partial charge in [-0.1, -0.05) is 18.2 Å². The highest BCUT2D eigenvalue weighted by Crippen LogP contribution is 2.36. The molecule has 1 fully saturated rings. The third-order valence-electron chi connectivity index (χ3n) is 5.23. The number of carboxylic acid groups (broad SMARTS) is 1. The summed E-state index contributed by atoms with van der Waals surface area (Å²) in [5.74, 6) is -7.16. The van der Waals surface area contributed by atoms with Crippen molar-refractivity contribution in [3.8, 4) is 11.1 Å². The Labute approximate surface area is 180 Å². The van der Waals surface area contributed by atoms with E-state index in [1.807, 2.05) is 4.72 Å². The van der Waals surface area contributed by atoms with Crippen LogP contribution in [0.2, 0.25) is 0 Å². The summed E-state index contributed by atoms with van der Waals surface area (Å²) in [5.41, 5.74) is -0.586. The van der Waals surface area contributed by atoms with Crippen LogP contribution >= 0.6 is 0 Å². The summed E-state index contributed by atoms with van der Waals surface area (Å²) in [6, 6.07) is 2.36. The van der Waals surface area contributed by atoms with Crippen LogP contribution in [0.15, 0.2) is 36.4 Å². The first kappa shape index (κ1) is 23.9. The Morgan fingerprint density at radius 3 is 2.38 bits per heavy atom. The van der Waals surface area contributed by atoms with Crippen molar-refractivity contribution in [3.05, 3.63) is 59.4 Å². The Bertz CT molecular complexity index is 1120. The highest BCUT2D eigenvalue weighted by atomic mass is 32.2. The summed E-state index contributed by atoms with van der Waals surface area (Å²) in [4.78, 5) is 11.9. The molecule has 0 saturated carbocycles. The van der Waals surface area contributed by atoms with Crippen LogP contribution in [-0.4, -0.2) is 54.8 Å². The average Bonchev–Trinajstić information content (AvgIpc) is 2.93. The van der Waals surface area contributed by atoms with Crippen molar-refractivity contribution in [2.45, 2.75) is 31.4 Å². The Kier molecular flexibility index (Phi) is 6.47. The second-order valence-corrected chi connectivity index (χ2v) is 9.42. The van der Waals surface area contributed by atoms with Crippen molar-refractivity contribution < 1.29 is 40.3 Å². The number of nitrogens with one attached hydrogen (secondary N) is 1. The topological polar surface area (TPSA) is 86.7 Å². The fourth-order valence-electron chi connectivity index (χ4n) is 3.68. The van der Waals surface area contributed by atoms with E-state index in [-0.39, 0.29) is 16.7 Å². The second-order valence-electron chi connectivity index (χ2n) is 7.38. The number of carbonyl (C=O) groups is 1. The predicted molar refractivity (Wildman–Crippen MR) is 105 cm³/mol. The van der Waals surface area contributed by atoms with Crippen LogP contribution in [-0.2, 0) is 16.4 Å². The first-order valence-corrected chi connectivity index (χ1v) is 11.1. The number of benzene rings is 2. The van der Waals surface area contributed by atoms with Gasteiger partial charge in [-0.25, -0.2) is 39.9 Å². The zero-order chi connectivity index (χ0) is 23.8. The van der Waals surface area contributed by atoms with Gasteiger partial charge in [-0.3, -0.25) is 4.90 Å². The van der Waals surface area contributed by atoms with Gasteiger partial charge in [0.05, 0.1) is 18.3 Å². The van der Waals surface area contributed by atoms with E-state index < -0.39 is 70.3 Å². The molecule has 2 N–H and O–H groups in total. The number of hydrogen-bond donors (Lipinski definition) is 2. The molecule has 2 aromatic carbocycles. The number of nitrogens with zero attached hydrogens (tertiary/aromatic N) is 1. The van der Waals surface area contributed by atoms with Crippen molar-refractivity contribution >= 4 is 16.1 Å². The fraction of sp³-hybridized carbons (Fsp3) is 0.350. The fourth-order valence-corrected chi connectivity index (χ4v) is 4.56. The van der Waals surface area contributed by atoms with Gasteiger partial charge in [0.1, 0.15) is 23.5 Å². The molecule has 0 radical (unpaired) electrons. The lowest BCUT2D eigenvalue weighted by molar-refractivity contribution is -0.00563. The van der Waals surface area contributed by atoms with Crippen LogP contribution in [0.1, 0.15) is 12.5 Å². The molecule has 6 nitrogen and oxygen atoms in total. The van der Waals surface area contributed by atoms with Crippen LogP contribution in [0.4, 0.5) is 26.7 Å². The number of hydrogen-bond acceptors (Lipinski definition) is 3. The smallest absolute Gasteiger partial charge is 0.407 e. The quantitative estimate of drug-likeness (QED) is 0.621. The largest absolute Gasteiger partial charge is 0.465 e. The third-order valence-corrected chi connectivity index (χ3v) is 6.61. The Balaban J connectivity index is 2.03. The first-order valence-electron chi connectivity index (χ1n) is 9.46. The van der Waals surface area contributed by atoms with Crippen LogP contribution in [0.3, 0.4) is 0 Å². The minimum Gasteiger partial charge on any atom is -0.465 e. The summed E-state index contributed by atoms with van der Waals surface area (Å²) in [5, 5.41) is 9.37. The Morgan fingerprint density at radius 1 is 1.19 bits per heavy atom. The molecular formula is C20H19F5N2O4S. The van der Waals surface area contributed by atoms with Gasteiger partial charge in [-0.05, 0) is 36.6 Å². The van der Waals surface area contributed by atoms with Gasteiger partial charge in [-0.15, -0.1) is 0 Å². The monoisotopic (exact) mass is 478 g/mol. The van der Waals surface area contributed by atoms with Gasteiger partial charge in [0.15, 0.2) is 0 Å². The molecule has 0 spiro atoms. The van der Waals surface area contributed by atoms with Crippen molar-refractivity contribution in [2.75, 3.05) is 12.3 Å². The highest BCUT2D eigenvalue weighted by molar-refractivity contribution is 7.89. The third kappa shape index (κ3) is 4.85. The SMILES string of the molecule is CCS(=O)(=O)N[C@@H]1[C@H](Cc2cccc(-c3cc(F)cc(F)c3)c2F)N(C(=O)O)CC1(F)F. The minimum absolute atomic E-state index is 0.142. The van der Waals surface area contributed by atoms with Gasteiger partial charge < -0.3 is 5.11 Å². The van der Waals surface area contributed by atoms with E-state index in [0.717, 1.165) is 12.1 Å². The molecule has 2 atom stereocenters. The van der Waals surface area contributed by atoms with Gasteiger partial charge >= 0.3 is 6.09 Å². The van der Waals surface area contributed by atoms with Crippen LogP contribution < -0.4 is 4.72 Å². The molecule has 0 unspecified atom stereocenters. The number of amides is 1. The number of rotatable bonds is 6. The van der Waals surface area contributed by atoms with Crippen LogP contribution in [0.5, 0.6) is 0 Å². The van der Waals surface area contributed by atoms with Gasteiger partial charge in [0.25, 0.3) is 5.92 Å². The predicted octanol–water partition coefficient (Wildman–Crippen LogP) is 3.62. The Morgan fingerprint density at radius 2 is 1.81 bits per heavy atom. The maximum absolute atomic E-state index is 15.2. The molecule has 1 amide bonds. The molecule has 32 heavy (non-hydrogen) atoms. The van der Waals surface area contributed by atoms with E-state index in [1.165, 1.54) is 25.1 Å². The lowest BCUT2D eigenvalue weighted by Crippen LogP contribution is -2.52. The van der Waals surface area contributed by atoms with Crippen LogP contribution in [0, 0.1) is 17.5 Å². The zero-order valence-electron chi connectivity index (χ0n) is 16.7. The molecule has 1 aliphatic heterocycles. The maximum Gasteiger partial charge on any atom is 0.407 e. The molecule has 0 aromatic heterocycles. The van der Waals surface area contributed by atoms with Crippen LogP contribution in [0.25, 0.3) is 11.1 Å². The molecule has 0 bridgehead atoms. The summed E-state index contributed by atoms with van der Waals surface area (Å²) in [6.07, 6.45) is -2.33. The number of halogens is 5. The molecule has 174 valence electrons. The van der Waals surface area contributed by atoms with E-state index in [0.29, 0.717) is 11.0 Å². The van der Waals surface area contributed by atoms with E-state index in [1.54, 1.807) is 0 Å². The van der Waals surface area contributed by atoms with Crippen molar-refractivity contribution in [2.24, 2.45) is 0 Å². The molecule has 3 rings (SSSR count). The first-order chi connectivity index (χ1) is 14.8. The summed E-state index contributed by atoms with van der Waals surface area (Å²) in [6.45, 7) is -0.0546. The molecule has 1 heterocycles. The summed E-state index contributed by atoms with van der Waals surface area (Å²) >= 11 is 0. The number of likely N-dealkylation sites (tertiary alicyclic amines) is 1. The number of alkyl halides is 2. The van der Waals surface area contributed by atoms with E-state index >= 15 is 4.39 Å². The van der Waals surface area contributed by atoms with Gasteiger partial charge in [0, 0.05) is 11.6 Å². The van der Waals surface area contributed by atoms with Crippen molar-refractivity contribution in [1.29, 1.82) is 0 Å². The molecular weight excluding hydrogens is 459 g/mol. The summed E-state index contributed by atoms with van der Waals surface area (Å²) < 4.78 is 97.1. The van der Waals surface area contributed by atoms with Crippen molar-refractivity contribution in [3.63, 3.8) is 0 Å². The molecule has 0 aliphatic carbocycles. The molecule has 1 aliphatic rings. The van der Waals surface area contributed by atoms with E-state index in [2.05, 4.69) is 0 Å². The lowest BCUT2D eigenvalue weighted by atomic mass is 9.95. The normalized spacial score (nSPS) is 20.5. The van der Waals surface area contributed by atoms with E-state index in [9.17, 15) is 35.9 Å². The van der Waals surface area contributed by atoms with Crippen molar-refractivity contribution in [1.82, 2.24) is 9.62 Å². The lowest BCUT2D eigenvalue weighted by Gasteiger charge is -2.27. The maximum atomic E-state index is 15.2.